The molecule has 3 saturated heterocycles. The third-order valence-corrected chi connectivity index (χ3v) is 21.6. The van der Waals surface area contributed by atoms with Crippen molar-refractivity contribution in [1.82, 2.24) is 14.7 Å². The number of methoxy groups -OCH3 is 2. The summed E-state index contributed by atoms with van der Waals surface area (Å²) >= 11 is 0. The second kappa shape index (κ2) is 33.2. The van der Waals surface area contributed by atoms with Crippen molar-refractivity contribution in [3.05, 3.63) is 267 Å². The van der Waals surface area contributed by atoms with Crippen molar-refractivity contribution >= 4 is 52.8 Å². The van der Waals surface area contributed by atoms with Crippen LogP contribution in [0.3, 0.4) is 0 Å². The van der Waals surface area contributed by atoms with E-state index in [2.05, 4.69) is 81.7 Å². The van der Waals surface area contributed by atoms with Crippen LogP contribution in [0.15, 0.2) is 195 Å². The topological polar surface area (TPSA) is 278 Å². The van der Waals surface area contributed by atoms with Gasteiger partial charge in [0.2, 0.25) is 0 Å². The molecule has 0 aliphatic carbocycles. The summed E-state index contributed by atoms with van der Waals surface area (Å²) in [5.41, 5.74) is 29.8. The lowest BCUT2D eigenvalue weighted by Crippen LogP contribution is -2.47. The summed E-state index contributed by atoms with van der Waals surface area (Å²) < 4.78 is 27.1. The zero-order valence-corrected chi connectivity index (χ0v) is 60.7. The van der Waals surface area contributed by atoms with E-state index in [0.29, 0.717) is 114 Å². The number of carboxylic acids is 1. The van der Waals surface area contributed by atoms with Crippen LogP contribution in [-0.2, 0) is 54.9 Å². The van der Waals surface area contributed by atoms with Gasteiger partial charge in [-0.3, -0.25) is 28.9 Å². The molecule has 0 unspecified atom stereocenters. The average Bonchev–Trinajstić information content (AvgIpc) is 1.60. The van der Waals surface area contributed by atoms with Crippen LogP contribution in [0.1, 0.15) is 150 Å². The van der Waals surface area contributed by atoms with E-state index in [0.717, 1.165) is 108 Å². The number of amides is 4. The van der Waals surface area contributed by atoms with Gasteiger partial charge in [0.05, 0.1) is 32.7 Å². The molecule has 0 radical (unpaired) electrons. The smallest absolute Gasteiger partial charge is 0.414 e. The molecule has 108 heavy (non-hydrogen) atoms. The quantitative estimate of drug-likeness (QED) is 0.0653. The lowest BCUT2D eigenvalue weighted by molar-refractivity contribution is -0.140. The van der Waals surface area contributed by atoms with Crippen LogP contribution in [0.5, 0.6) is 0 Å². The molecule has 3 spiro atoms. The Kier molecular flexibility index (Phi) is 22.8. The fourth-order valence-electron chi connectivity index (χ4n) is 15.7. The fraction of sp³-hybridized carbons (Fsp3) is 0.310. The summed E-state index contributed by atoms with van der Waals surface area (Å²) in [6.45, 7) is 8.11. The molecule has 6 aliphatic heterocycles. The standard InChI is InChI=1S/C30H31N3O4.C29H29N3O4.C28H27N3O4/c1-36-28(34)13-16-33-21-30(25-19-23(20-31)8-11-26(25)33)14-17-32(18-15-30)29(35)27-12-10-24(37-27)9-7-22-5-3-2-4-6-22;30-19-22-7-10-25-24(18-22)29(20-32(25)15-12-27(33)34)13-16-31(17-14-29)28(35)26-11-9-23(36-26)8-6-21-4-2-1-3-5-21;1-34-27(33)31-19-28(23-17-21(18-29)8-11-24(23)31)13-15-30(16-14-28)26(32)25-12-10-22(35-25)9-7-20-5-3-2-4-6-20/h2-6,8,10-12,19H,13-18,20-21,31H2,1H3;1-5,7,9-11,18H,12-17,19-20,30H2,(H,33,34);2-6,8,10-12,17H,13-16,18-19,29H2,1H3. The molecular weight excluding hydrogens is 1360 g/mol. The SMILES string of the molecule is COC(=O)CCN1CC2(CCN(C(=O)c3ccc(C#Cc4ccccc4)o3)CC2)c2cc(CN)ccc21.COC(=O)N1CC2(CCN(C(=O)c3ccc(C#Cc4ccccc4)o3)CC2)c2cc(CN)ccc21.NCc1ccc2c(c1)C1(CCN(C(=O)c3ccc(C#Cc4ccccc4)o3)CC1)CN2CCC(=O)O. The number of carboxylic acid groups (broad SMARTS) is 1. The molecule has 21 nitrogen and oxygen atoms in total. The maximum Gasteiger partial charge on any atom is 0.414 e. The summed E-state index contributed by atoms with van der Waals surface area (Å²) in [4.78, 5) is 86.6. The molecular formula is C87H87N9O12. The number of rotatable bonds is 12. The Hall–Kier alpha value is -12.1. The van der Waals surface area contributed by atoms with E-state index in [9.17, 15) is 33.9 Å². The van der Waals surface area contributed by atoms with Gasteiger partial charge >= 0.3 is 18.0 Å². The largest absolute Gasteiger partial charge is 0.481 e. The molecule has 3 fully saturated rings. The highest BCUT2D eigenvalue weighted by Crippen LogP contribution is 2.51. The van der Waals surface area contributed by atoms with E-state index in [4.69, 9.17) is 39.9 Å². The first-order valence-electron chi connectivity index (χ1n) is 36.5. The highest BCUT2D eigenvalue weighted by Gasteiger charge is 2.50. The minimum absolute atomic E-state index is 0.0805. The number of hydrogen-bond donors (Lipinski definition) is 4. The monoisotopic (exact) mass is 1450 g/mol. The van der Waals surface area contributed by atoms with Crippen LogP contribution in [0.2, 0.25) is 0 Å². The molecule has 0 saturated carbocycles. The Labute approximate surface area is 628 Å². The van der Waals surface area contributed by atoms with E-state index in [1.165, 1.54) is 25.3 Å². The van der Waals surface area contributed by atoms with Crippen LogP contribution in [-0.4, -0.2) is 142 Å². The first-order valence-corrected chi connectivity index (χ1v) is 36.5. The van der Waals surface area contributed by atoms with E-state index in [-0.39, 0.29) is 58.2 Å². The Morgan fingerprint density at radius 1 is 0.407 bits per heavy atom. The van der Waals surface area contributed by atoms with Gasteiger partial charge in [-0.15, -0.1) is 0 Å². The summed E-state index contributed by atoms with van der Waals surface area (Å²) in [7, 11) is 2.81. The van der Waals surface area contributed by atoms with Crippen LogP contribution in [0.25, 0.3) is 0 Å². The van der Waals surface area contributed by atoms with Gasteiger partial charge in [-0.25, -0.2) is 4.79 Å². The van der Waals surface area contributed by atoms with E-state index in [1.54, 1.807) is 41.3 Å². The Bertz CT molecular complexity index is 4970. The number of benzene rings is 6. The van der Waals surface area contributed by atoms with E-state index < -0.39 is 5.97 Å². The van der Waals surface area contributed by atoms with Gasteiger partial charge in [-0.2, -0.15) is 0 Å². The minimum atomic E-state index is -0.803. The lowest BCUT2D eigenvalue weighted by atomic mass is 9.74. The molecule has 0 atom stereocenters. The number of anilines is 3. The molecule has 15 rings (SSSR count). The van der Waals surface area contributed by atoms with Crippen LogP contribution < -0.4 is 31.9 Å². The summed E-state index contributed by atoms with van der Waals surface area (Å²) in [6, 6.07) is 57.8. The third kappa shape index (κ3) is 16.5. The van der Waals surface area contributed by atoms with Gasteiger partial charge in [0.25, 0.3) is 17.7 Å². The molecule has 4 amide bonds. The zero-order chi connectivity index (χ0) is 75.4. The number of carbonyl (C=O) groups excluding carboxylic acids is 5. The van der Waals surface area contributed by atoms with Crippen molar-refractivity contribution < 1.29 is 56.6 Å². The molecule has 9 heterocycles. The normalized spacial score (nSPS) is 15.9. The lowest BCUT2D eigenvalue weighted by Gasteiger charge is -2.39. The highest BCUT2D eigenvalue weighted by atomic mass is 16.5. The molecule has 7 N–H and O–H groups in total. The van der Waals surface area contributed by atoms with Crippen molar-refractivity contribution in [2.45, 2.75) is 87.2 Å². The van der Waals surface area contributed by atoms with E-state index in [1.807, 2.05) is 124 Å². The third-order valence-electron chi connectivity index (χ3n) is 21.6. The van der Waals surface area contributed by atoms with Gasteiger partial charge in [-0.05, 0) is 181 Å². The summed E-state index contributed by atoms with van der Waals surface area (Å²) in [6.07, 6.45) is 4.77. The van der Waals surface area contributed by atoms with Crippen molar-refractivity contribution in [1.29, 1.82) is 0 Å². The number of likely N-dealkylation sites (tertiary alicyclic amines) is 3. The Balaban J connectivity index is 0.000000143. The number of esters is 1. The van der Waals surface area contributed by atoms with Gasteiger partial charge in [0.15, 0.2) is 34.6 Å². The van der Waals surface area contributed by atoms with Crippen molar-refractivity contribution in [3.8, 4) is 35.5 Å². The first kappa shape index (κ1) is 74.2. The summed E-state index contributed by atoms with van der Waals surface area (Å²) in [5.74, 6) is 19.0. The van der Waals surface area contributed by atoms with E-state index >= 15 is 0 Å². The highest BCUT2D eigenvalue weighted by molar-refractivity contribution is 5.94. The van der Waals surface area contributed by atoms with Crippen LogP contribution in [0, 0.1) is 35.5 Å². The van der Waals surface area contributed by atoms with Crippen molar-refractivity contribution in [2.75, 3.05) is 101 Å². The molecule has 21 heteroatoms. The molecule has 0 bridgehead atoms. The van der Waals surface area contributed by atoms with Gasteiger partial charge < -0.3 is 69.5 Å². The van der Waals surface area contributed by atoms with Crippen molar-refractivity contribution in [2.24, 2.45) is 17.2 Å². The number of nitrogens with zero attached hydrogens (tertiary/aromatic N) is 6. The number of nitrogens with two attached hydrogens (primary N) is 3. The Morgan fingerprint density at radius 3 is 1.07 bits per heavy atom. The predicted octanol–water partition coefficient (Wildman–Crippen LogP) is 11.2. The zero-order valence-electron chi connectivity index (χ0n) is 60.7. The number of furan rings is 3. The molecule has 9 aromatic rings. The number of carbonyl (C=O) groups is 6. The minimum Gasteiger partial charge on any atom is -0.481 e. The fourth-order valence-corrected chi connectivity index (χ4v) is 15.7. The second-order valence-corrected chi connectivity index (χ2v) is 28.1. The van der Waals surface area contributed by atoms with Gasteiger partial charge in [-0.1, -0.05) is 109 Å². The molecule has 6 aliphatic rings. The predicted molar refractivity (Wildman–Crippen MR) is 410 cm³/mol. The van der Waals surface area contributed by atoms with Gasteiger partial charge in [0, 0.05) is 136 Å². The molecule has 552 valence electrons. The average molecular weight is 1450 g/mol. The van der Waals surface area contributed by atoms with Crippen LogP contribution >= 0.6 is 0 Å². The van der Waals surface area contributed by atoms with Gasteiger partial charge in [0.1, 0.15) is 0 Å². The van der Waals surface area contributed by atoms with Crippen molar-refractivity contribution in [3.63, 3.8) is 0 Å². The number of aliphatic carboxylic acids is 1. The first-order chi connectivity index (χ1) is 52.5. The summed E-state index contributed by atoms with van der Waals surface area (Å²) in [5, 5.41) is 9.20. The Morgan fingerprint density at radius 2 is 0.741 bits per heavy atom. The number of piperidine rings is 3. The maximum absolute atomic E-state index is 13.2. The number of ether oxygens (including phenoxy) is 2. The molecule has 6 aromatic carbocycles. The number of hydrogen-bond acceptors (Lipinski definition) is 16. The maximum atomic E-state index is 13.2. The molecule has 3 aromatic heterocycles. The van der Waals surface area contributed by atoms with Crippen LogP contribution in [0.4, 0.5) is 21.9 Å². The second-order valence-electron chi connectivity index (χ2n) is 28.1. The number of fused-ring (bicyclic) bond motifs is 6.